The van der Waals surface area contributed by atoms with Gasteiger partial charge in [-0.3, -0.25) is 4.79 Å². The summed E-state index contributed by atoms with van der Waals surface area (Å²) in [5.74, 6) is 0.622. The van der Waals surface area contributed by atoms with Gasteiger partial charge >= 0.3 is 0 Å². The molecule has 1 amide bonds. The monoisotopic (exact) mass is 350 g/mol. The number of hydrogen-bond acceptors (Lipinski definition) is 5. The van der Waals surface area contributed by atoms with E-state index in [9.17, 15) is 13.2 Å². The molecule has 0 heterocycles. The summed E-state index contributed by atoms with van der Waals surface area (Å²) >= 11 is 0. The Labute approximate surface area is 140 Å². The zero-order valence-corrected chi connectivity index (χ0v) is 14.3. The first-order chi connectivity index (χ1) is 11.4. The summed E-state index contributed by atoms with van der Waals surface area (Å²) in [7, 11) is 0.829. The minimum Gasteiger partial charge on any atom is -0.493 e. The standard InChI is InChI=1S/C16H18N2O5S/c1-17-24(20,21)13-7-5-12(6-8-13)18-16(19)11-4-9-14(22-2)15(10-11)23-3/h4-10,17H,1-3H3,(H,18,19). The van der Waals surface area contributed by atoms with Crippen molar-refractivity contribution in [2.45, 2.75) is 4.90 Å². The van der Waals surface area contributed by atoms with Crippen molar-refractivity contribution >= 4 is 21.6 Å². The van der Waals surface area contributed by atoms with Crippen LogP contribution in [0.4, 0.5) is 5.69 Å². The van der Waals surface area contributed by atoms with Gasteiger partial charge in [-0.05, 0) is 49.5 Å². The third-order valence-electron chi connectivity index (χ3n) is 3.34. The fourth-order valence-electron chi connectivity index (χ4n) is 2.02. The van der Waals surface area contributed by atoms with Crippen LogP contribution in [-0.2, 0) is 10.0 Å². The Morgan fingerprint density at radius 3 is 2.12 bits per heavy atom. The van der Waals surface area contributed by atoms with Gasteiger partial charge in [0.2, 0.25) is 10.0 Å². The summed E-state index contributed by atoms with van der Waals surface area (Å²) in [6.45, 7) is 0. The van der Waals surface area contributed by atoms with Crippen LogP contribution in [0.25, 0.3) is 0 Å². The fraction of sp³-hybridized carbons (Fsp3) is 0.188. The van der Waals surface area contributed by atoms with Crippen molar-refractivity contribution < 1.29 is 22.7 Å². The number of anilines is 1. The van der Waals surface area contributed by atoms with E-state index in [0.717, 1.165) is 0 Å². The van der Waals surface area contributed by atoms with Crippen molar-refractivity contribution in [2.75, 3.05) is 26.6 Å². The smallest absolute Gasteiger partial charge is 0.255 e. The topological polar surface area (TPSA) is 93.7 Å². The lowest BCUT2D eigenvalue weighted by Gasteiger charge is -2.10. The van der Waals surface area contributed by atoms with Crippen molar-refractivity contribution in [3.8, 4) is 11.5 Å². The zero-order chi connectivity index (χ0) is 17.7. The van der Waals surface area contributed by atoms with E-state index in [2.05, 4.69) is 10.0 Å². The molecule has 0 unspecified atom stereocenters. The quantitative estimate of drug-likeness (QED) is 0.829. The molecule has 0 saturated heterocycles. The molecular weight excluding hydrogens is 332 g/mol. The molecule has 2 rings (SSSR count). The van der Waals surface area contributed by atoms with Gasteiger partial charge in [0, 0.05) is 11.3 Å². The highest BCUT2D eigenvalue weighted by molar-refractivity contribution is 7.89. The van der Waals surface area contributed by atoms with Crippen molar-refractivity contribution in [3.05, 3.63) is 48.0 Å². The van der Waals surface area contributed by atoms with Crippen LogP contribution in [0.2, 0.25) is 0 Å². The van der Waals surface area contributed by atoms with Crippen LogP contribution >= 0.6 is 0 Å². The molecule has 0 fully saturated rings. The van der Waals surface area contributed by atoms with Crippen LogP contribution in [0.15, 0.2) is 47.4 Å². The zero-order valence-electron chi connectivity index (χ0n) is 13.5. The van der Waals surface area contributed by atoms with E-state index >= 15 is 0 Å². The number of carbonyl (C=O) groups is 1. The highest BCUT2D eigenvalue weighted by Gasteiger charge is 2.13. The van der Waals surface area contributed by atoms with Gasteiger partial charge < -0.3 is 14.8 Å². The van der Waals surface area contributed by atoms with Crippen molar-refractivity contribution in [1.29, 1.82) is 0 Å². The van der Waals surface area contributed by atoms with Gasteiger partial charge in [0.05, 0.1) is 19.1 Å². The van der Waals surface area contributed by atoms with Crippen molar-refractivity contribution in [2.24, 2.45) is 0 Å². The van der Waals surface area contributed by atoms with Gasteiger partial charge in [-0.2, -0.15) is 0 Å². The molecule has 0 spiro atoms. The van der Waals surface area contributed by atoms with Gasteiger partial charge in [-0.15, -0.1) is 0 Å². The lowest BCUT2D eigenvalue weighted by molar-refractivity contribution is 0.102. The van der Waals surface area contributed by atoms with Gasteiger partial charge in [-0.1, -0.05) is 0 Å². The van der Waals surface area contributed by atoms with Crippen LogP contribution < -0.4 is 19.5 Å². The maximum atomic E-state index is 12.3. The normalized spacial score (nSPS) is 11.0. The number of carbonyl (C=O) groups excluding carboxylic acids is 1. The predicted octanol–water partition coefficient (Wildman–Crippen LogP) is 1.86. The van der Waals surface area contributed by atoms with Crippen molar-refractivity contribution in [1.82, 2.24) is 4.72 Å². The number of benzene rings is 2. The minimum absolute atomic E-state index is 0.120. The number of rotatable bonds is 6. The number of hydrogen-bond donors (Lipinski definition) is 2. The number of amides is 1. The molecule has 2 aromatic carbocycles. The molecule has 0 aliphatic rings. The Kier molecular flexibility index (Phi) is 5.42. The van der Waals surface area contributed by atoms with Gasteiger partial charge in [0.25, 0.3) is 5.91 Å². The molecule has 24 heavy (non-hydrogen) atoms. The molecule has 0 saturated carbocycles. The van der Waals surface area contributed by atoms with E-state index in [-0.39, 0.29) is 10.8 Å². The van der Waals surface area contributed by atoms with E-state index in [0.29, 0.717) is 22.7 Å². The largest absolute Gasteiger partial charge is 0.493 e. The second kappa shape index (κ2) is 7.33. The molecule has 0 aliphatic carbocycles. The Morgan fingerprint density at radius 2 is 1.58 bits per heavy atom. The predicted molar refractivity (Wildman–Crippen MR) is 90.2 cm³/mol. The van der Waals surface area contributed by atoms with E-state index in [1.165, 1.54) is 45.5 Å². The molecule has 8 heteroatoms. The molecule has 0 bridgehead atoms. The summed E-state index contributed by atoms with van der Waals surface area (Å²) in [5.41, 5.74) is 0.865. The fourth-order valence-corrected chi connectivity index (χ4v) is 2.75. The van der Waals surface area contributed by atoms with Crippen LogP contribution in [0.3, 0.4) is 0 Å². The van der Waals surface area contributed by atoms with E-state index in [1.807, 2.05) is 0 Å². The first-order valence-electron chi connectivity index (χ1n) is 6.98. The highest BCUT2D eigenvalue weighted by Crippen LogP contribution is 2.27. The van der Waals surface area contributed by atoms with Crippen molar-refractivity contribution in [3.63, 3.8) is 0 Å². The second-order valence-corrected chi connectivity index (χ2v) is 6.64. The number of methoxy groups -OCH3 is 2. The average Bonchev–Trinajstić information content (AvgIpc) is 2.61. The molecule has 2 N–H and O–H groups in total. The Balaban J connectivity index is 2.18. The first kappa shape index (κ1) is 17.8. The Bertz CT molecular complexity index is 832. The third kappa shape index (κ3) is 3.84. The lowest BCUT2D eigenvalue weighted by atomic mass is 10.2. The average molecular weight is 350 g/mol. The van der Waals surface area contributed by atoms with E-state index in [4.69, 9.17) is 9.47 Å². The van der Waals surface area contributed by atoms with Crippen LogP contribution in [-0.4, -0.2) is 35.6 Å². The van der Waals surface area contributed by atoms with E-state index < -0.39 is 10.0 Å². The highest BCUT2D eigenvalue weighted by atomic mass is 32.2. The first-order valence-corrected chi connectivity index (χ1v) is 8.46. The summed E-state index contributed by atoms with van der Waals surface area (Å²) < 4.78 is 35.8. The van der Waals surface area contributed by atoms with Crippen LogP contribution in [0.1, 0.15) is 10.4 Å². The van der Waals surface area contributed by atoms with Crippen LogP contribution in [0, 0.1) is 0 Å². The number of sulfonamides is 1. The molecule has 0 radical (unpaired) electrons. The Morgan fingerprint density at radius 1 is 0.958 bits per heavy atom. The molecule has 0 aromatic heterocycles. The summed E-state index contributed by atoms with van der Waals surface area (Å²) in [4.78, 5) is 12.4. The molecule has 2 aromatic rings. The van der Waals surface area contributed by atoms with Gasteiger partial charge in [0.1, 0.15) is 0 Å². The lowest BCUT2D eigenvalue weighted by Crippen LogP contribution is -2.18. The molecule has 128 valence electrons. The molecule has 0 atom stereocenters. The third-order valence-corrected chi connectivity index (χ3v) is 4.77. The van der Waals surface area contributed by atoms with E-state index in [1.54, 1.807) is 18.2 Å². The van der Waals surface area contributed by atoms with Gasteiger partial charge in [0.15, 0.2) is 11.5 Å². The second-order valence-electron chi connectivity index (χ2n) is 4.76. The summed E-state index contributed by atoms with van der Waals surface area (Å²) in [6, 6.07) is 10.7. The number of nitrogens with one attached hydrogen (secondary N) is 2. The summed E-state index contributed by atoms with van der Waals surface area (Å²) in [5, 5.41) is 2.69. The minimum atomic E-state index is -3.51. The maximum Gasteiger partial charge on any atom is 0.255 e. The van der Waals surface area contributed by atoms with Crippen LogP contribution in [0.5, 0.6) is 11.5 Å². The maximum absolute atomic E-state index is 12.3. The molecular formula is C16H18N2O5S. The summed E-state index contributed by atoms with van der Waals surface area (Å²) in [6.07, 6.45) is 0. The molecule has 7 nitrogen and oxygen atoms in total. The Hall–Kier alpha value is -2.58. The van der Waals surface area contributed by atoms with Gasteiger partial charge in [-0.25, -0.2) is 13.1 Å². The number of ether oxygens (including phenoxy) is 2. The SMILES string of the molecule is CNS(=O)(=O)c1ccc(NC(=O)c2ccc(OC)c(OC)c2)cc1. The molecule has 0 aliphatic heterocycles.